The van der Waals surface area contributed by atoms with E-state index < -0.39 is 0 Å². The van der Waals surface area contributed by atoms with Crippen molar-refractivity contribution in [3.05, 3.63) is 95.2 Å². The SMILES string of the molecule is COc1ccc(C2CC(=O)C3=C(C2)Nc2ccccc2NC3c2ccc(OC(C)C)cc2)cc1. The molecular weight excluding hydrogens is 424 g/mol. The number of Topliss-reactive ketones (excluding diaryl/α,β-unsaturated/α-hetero) is 1. The van der Waals surface area contributed by atoms with Gasteiger partial charge in [0.15, 0.2) is 5.78 Å². The lowest BCUT2D eigenvalue weighted by Crippen LogP contribution is -2.26. The molecule has 0 saturated carbocycles. The van der Waals surface area contributed by atoms with Crippen molar-refractivity contribution in [2.45, 2.75) is 44.8 Å². The van der Waals surface area contributed by atoms with E-state index in [0.29, 0.717) is 6.42 Å². The Labute approximate surface area is 200 Å². The summed E-state index contributed by atoms with van der Waals surface area (Å²) in [6.07, 6.45) is 1.37. The number of ether oxygens (including phenoxy) is 2. The largest absolute Gasteiger partial charge is 0.497 e. The first-order valence-electron chi connectivity index (χ1n) is 11.8. The van der Waals surface area contributed by atoms with E-state index in [1.54, 1.807) is 7.11 Å². The lowest BCUT2D eigenvalue weighted by molar-refractivity contribution is -0.116. The number of allylic oxidation sites excluding steroid dienone is 1. The van der Waals surface area contributed by atoms with E-state index in [-0.39, 0.29) is 23.8 Å². The van der Waals surface area contributed by atoms with Crippen molar-refractivity contribution >= 4 is 17.2 Å². The molecule has 5 rings (SSSR count). The number of carbonyl (C=O) groups is 1. The molecule has 5 heteroatoms. The van der Waals surface area contributed by atoms with Crippen molar-refractivity contribution < 1.29 is 14.3 Å². The molecule has 3 aromatic carbocycles. The highest BCUT2D eigenvalue weighted by molar-refractivity contribution is 6.01. The quantitative estimate of drug-likeness (QED) is 0.463. The van der Waals surface area contributed by atoms with E-state index in [1.165, 1.54) is 0 Å². The first kappa shape index (κ1) is 22.1. The number of ketones is 1. The summed E-state index contributed by atoms with van der Waals surface area (Å²) in [6.45, 7) is 4.03. The number of fused-ring (bicyclic) bond motifs is 1. The van der Waals surface area contributed by atoms with Gasteiger partial charge >= 0.3 is 0 Å². The van der Waals surface area contributed by atoms with Crippen LogP contribution in [0.2, 0.25) is 0 Å². The van der Waals surface area contributed by atoms with Crippen LogP contribution in [0.25, 0.3) is 0 Å². The van der Waals surface area contributed by atoms with Crippen molar-refractivity contribution in [2.75, 3.05) is 17.7 Å². The Morgan fingerprint density at radius 3 is 2.15 bits per heavy atom. The molecule has 2 aliphatic rings. The molecule has 0 radical (unpaired) electrons. The fourth-order valence-electron chi connectivity index (χ4n) is 4.87. The minimum atomic E-state index is -0.233. The summed E-state index contributed by atoms with van der Waals surface area (Å²) in [5, 5.41) is 7.23. The van der Waals surface area contributed by atoms with Crippen molar-refractivity contribution in [1.29, 1.82) is 0 Å². The van der Waals surface area contributed by atoms with Crippen molar-refractivity contribution in [3.63, 3.8) is 0 Å². The van der Waals surface area contributed by atoms with Crippen LogP contribution < -0.4 is 20.1 Å². The molecule has 0 fully saturated rings. The van der Waals surface area contributed by atoms with E-state index in [4.69, 9.17) is 9.47 Å². The zero-order valence-corrected chi connectivity index (χ0v) is 19.8. The van der Waals surface area contributed by atoms with Crippen LogP contribution in [0.5, 0.6) is 11.5 Å². The molecule has 2 atom stereocenters. The fraction of sp³-hybridized carbons (Fsp3) is 0.276. The number of methoxy groups -OCH3 is 1. The van der Waals surface area contributed by atoms with Gasteiger partial charge in [0.2, 0.25) is 0 Å². The Hall–Kier alpha value is -3.73. The van der Waals surface area contributed by atoms with Crippen molar-refractivity contribution in [3.8, 4) is 11.5 Å². The van der Waals surface area contributed by atoms with Crippen LogP contribution >= 0.6 is 0 Å². The Morgan fingerprint density at radius 2 is 1.47 bits per heavy atom. The number of anilines is 2. The number of carbonyl (C=O) groups excluding carboxylic acids is 1. The van der Waals surface area contributed by atoms with Crippen LogP contribution in [0.15, 0.2) is 84.1 Å². The summed E-state index contributed by atoms with van der Waals surface area (Å²) >= 11 is 0. The predicted molar refractivity (Wildman–Crippen MR) is 136 cm³/mol. The van der Waals surface area contributed by atoms with Crippen LogP contribution in [-0.2, 0) is 4.79 Å². The van der Waals surface area contributed by atoms with Crippen molar-refractivity contribution in [1.82, 2.24) is 0 Å². The number of nitrogens with one attached hydrogen (secondary N) is 2. The lowest BCUT2D eigenvalue weighted by Gasteiger charge is -2.30. The predicted octanol–water partition coefficient (Wildman–Crippen LogP) is 6.46. The van der Waals surface area contributed by atoms with E-state index in [9.17, 15) is 4.79 Å². The van der Waals surface area contributed by atoms with Gasteiger partial charge in [-0.15, -0.1) is 0 Å². The molecule has 1 aliphatic heterocycles. The van der Waals surface area contributed by atoms with E-state index in [1.807, 2.05) is 50.2 Å². The minimum absolute atomic E-state index is 0.113. The number of benzene rings is 3. The molecule has 2 N–H and O–H groups in total. The number of para-hydroxylation sites is 2. The topological polar surface area (TPSA) is 59.6 Å². The molecule has 2 unspecified atom stereocenters. The Bertz CT molecular complexity index is 1210. The molecule has 0 amide bonds. The van der Waals surface area contributed by atoms with Gasteiger partial charge in [-0.1, -0.05) is 36.4 Å². The molecule has 1 heterocycles. The van der Waals surface area contributed by atoms with E-state index in [0.717, 1.165) is 51.7 Å². The summed E-state index contributed by atoms with van der Waals surface area (Å²) < 4.78 is 11.1. The molecule has 0 saturated heterocycles. The van der Waals surface area contributed by atoms with Gasteiger partial charge in [-0.25, -0.2) is 0 Å². The third-order valence-corrected chi connectivity index (χ3v) is 6.48. The van der Waals surface area contributed by atoms with Gasteiger partial charge in [-0.05, 0) is 73.7 Å². The Morgan fingerprint density at radius 1 is 0.824 bits per heavy atom. The standard InChI is InChI=1S/C29H30N2O3/c1-18(2)34-23-14-10-20(11-15-23)29-28-26(30-24-6-4-5-7-25(24)31-29)16-21(17-27(28)32)19-8-12-22(33-3)13-9-19/h4-15,18,21,29-31H,16-17H2,1-3H3. The van der Waals surface area contributed by atoms with Crippen molar-refractivity contribution in [2.24, 2.45) is 0 Å². The van der Waals surface area contributed by atoms with Gasteiger partial charge in [0.25, 0.3) is 0 Å². The number of hydrogen-bond acceptors (Lipinski definition) is 5. The molecule has 0 bridgehead atoms. The molecule has 34 heavy (non-hydrogen) atoms. The molecule has 0 spiro atoms. The van der Waals surface area contributed by atoms with Gasteiger partial charge in [0.1, 0.15) is 11.5 Å². The highest BCUT2D eigenvalue weighted by Gasteiger charge is 2.36. The molecule has 174 valence electrons. The summed E-state index contributed by atoms with van der Waals surface area (Å²) in [5.74, 6) is 1.94. The maximum absolute atomic E-state index is 13.6. The first-order valence-corrected chi connectivity index (χ1v) is 11.8. The van der Waals surface area contributed by atoms with Gasteiger partial charge in [-0.3, -0.25) is 4.79 Å². The molecule has 3 aromatic rings. The van der Waals surface area contributed by atoms with Gasteiger partial charge in [-0.2, -0.15) is 0 Å². The van der Waals surface area contributed by atoms with E-state index >= 15 is 0 Å². The first-order chi connectivity index (χ1) is 16.5. The molecule has 5 nitrogen and oxygen atoms in total. The highest BCUT2D eigenvalue weighted by Crippen LogP contribution is 2.44. The fourth-order valence-corrected chi connectivity index (χ4v) is 4.87. The zero-order chi connectivity index (χ0) is 23.7. The lowest BCUT2D eigenvalue weighted by atomic mass is 9.78. The average Bonchev–Trinajstić information content (AvgIpc) is 3.01. The minimum Gasteiger partial charge on any atom is -0.497 e. The van der Waals surface area contributed by atoms with Crippen LogP contribution in [0, 0.1) is 0 Å². The van der Waals surface area contributed by atoms with Gasteiger partial charge in [0.05, 0.1) is 30.6 Å². The maximum atomic E-state index is 13.6. The highest BCUT2D eigenvalue weighted by atomic mass is 16.5. The zero-order valence-electron chi connectivity index (χ0n) is 19.8. The normalized spacial score (nSPS) is 19.5. The summed E-state index contributed by atoms with van der Waals surface area (Å²) in [7, 11) is 1.66. The van der Waals surface area contributed by atoms with Crippen LogP contribution in [0.1, 0.15) is 49.8 Å². The second-order valence-corrected chi connectivity index (χ2v) is 9.18. The van der Waals surface area contributed by atoms with Gasteiger partial charge in [0, 0.05) is 17.7 Å². The summed E-state index contributed by atoms with van der Waals surface area (Å²) in [4.78, 5) is 13.6. The van der Waals surface area contributed by atoms with Crippen LogP contribution in [0.3, 0.4) is 0 Å². The molecular formula is C29H30N2O3. The average molecular weight is 455 g/mol. The second-order valence-electron chi connectivity index (χ2n) is 9.18. The summed E-state index contributed by atoms with van der Waals surface area (Å²) in [6, 6.07) is 24.0. The number of rotatable bonds is 5. The second kappa shape index (κ2) is 9.26. The van der Waals surface area contributed by atoms with Crippen LogP contribution in [0.4, 0.5) is 11.4 Å². The smallest absolute Gasteiger partial charge is 0.163 e. The number of hydrogen-bond donors (Lipinski definition) is 2. The summed E-state index contributed by atoms with van der Waals surface area (Å²) in [5.41, 5.74) is 5.97. The third kappa shape index (κ3) is 4.38. The Balaban J connectivity index is 1.53. The van der Waals surface area contributed by atoms with Gasteiger partial charge < -0.3 is 20.1 Å². The van der Waals surface area contributed by atoms with E-state index in [2.05, 4.69) is 47.0 Å². The Kier molecular flexibility index (Phi) is 6.01. The molecule has 1 aliphatic carbocycles. The third-order valence-electron chi connectivity index (χ3n) is 6.48. The maximum Gasteiger partial charge on any atom is 0.163 e. The molecule has 0 aromatic heterocycles. The monoisotopic (exact) mass is 454 g/mol. The van der Waals surface area contributed by atoms with Crippen LogP contribution in [-0.4, -0.2) is 19.0 Å².